The standard InChI is InChI=1S/C21H23N3O2.C8H6O4/c25-20-18-8-4-5-9-19(18)24(21(20)26)15-14-22-10-12-23(13-11-22)16-17-6-2-1-3-7-17;9-7(10)5-2-1-3-6(4-5)8(11)12/h1-9H,10-16H2;1-4H,(H,9,10)(H,11,12). The minimum atomic E-state index is -1.13. The van der Waals surface area contributed by atoms with Crippen molar-refractivity contribution in [3.63, 3.8) is 0 Å². The Labute approximate surface area is 220 Å². The number of rotatable bonds is 7. The van der Waals surface area contributed by atoms with Gasteiger partial charge in [0.05, 0.1) is 22.4 Å². The summed E-state index contributed by atoms with van der Waals surface area (Å²) in [4.78, 5) is 51.5. The molecule has 0 spiro atoms. The number of para-hydroxylation sites is 1. The van der Waals surface area contributed by atoms with Gasteiger partial charge in [-0.25, -0.2) is 9.59 Å². The molecule has 5 rings (SSSR count). The molecule has 38 heavy (non-hydrogen) atoms. The number of carboxylic acid groups (broad SMARTS) is 2. The van der Waals surface area contributed by atoms with Gasteiger partial charge in [0.15, 0.2) is 0 Å². The number of Topliss-reactive ketones (excluding diaryl/α,β-unsaturated/α-hetero) is 1. The molecule has 1 amide bonds. The topological polar surface area (TPSA) is 118 Å². The van der Waals surface area contributed by atoms with E-state index in [-0.39, 0.29) is 16.9 Å². The number of fused-ring (bicyclic) bond motifs is 1. The summed E-state index contributed by atoms with van der Waals surface area (Å²) in [5.74, 6) is -3.03. The minimum absolute atomic E-state index is 0.0186. The van der Waals surface area contributed by atoms with Crippen molar-refractivity contribution in [2.75, 3.05) is 44.2 Å². The highest BCUT2D eigenvalue weighted by Crippen LogP contribution is 2.28. The molecule has 2 N–H and O–H groups in total. The molecular formula is C29H29N3O6. The average Bonchev–Trinajstić information content (AvgIpc) is 3.18. The molecular weight excluding hydrogens is 486 g/mol. The maximum atomic E-state index is 12.2. The molecule has 3 aromatic rings. The number of benzene rings is 3. The van der Waals surface area contributed by atoms with Crippen molar-refractivity contribution in [3.8, 4) is 0 Å². The Hall–Kier alpha value is -4.34. The highest BCUT2D eigenvalue weighted by molar-refractivity contribution is 6.52. The second kappa shape index (κ2) is 12.3. The van der Waals surface area contributed by atoms with E-state index in [4.69, 9.17) is 10.2 Å². The van der Waals surface area contributed by atoms with Crippen molar-refractivity contribution in [2.45, 2.75) is 6.54 Å². The predicted octanol–water partition coefficient (Wildman–Crippen LogP) is 3.12. The quantitative estimate of drug-likeness (QED) is 0.461. The summed E-state index contributed by atoms with van der Waals surface area (Å²) in [6.45, 7) is 6.39. The molecule has 0 aliphatic carbocycles. The van der Waals surface area contributed by atoms with Crippen LogP contribution in [0.5, 0.6) is 0 Å². The smallest absolute Gasteiger partial charge is 0.335 e. The molecule has 2 aliphatic heterocycles. The van der Waals surface area contributed by atoms with Crippen LogP contribution in [0.4, 0.5) is 5.69 Å². The van der Waals surface area contributed by atoms with E-state index in [1.165, 1.54) is 23.8 Å². The van der Waals surface area contributed by atoms with E-state index in [2.05, 4.69) is 34.1 Å². The summed E-state index contributed by atoms with van der Waals surface area (Å²) in [7, 11) is 0. The number of hydrogen-bond acceptors (Lipinski definition) is 6. The zero-order valence-electron chi connectivity index (χ0n) is 20.8. The first kappa shape index (κ1) is 26.7. The van der Waals surface area contributed by atoms with E-state index in [0.29, 0.717) is 12.1 Å². The number of hydrogen-bond donors (Lipinski definition) is 2. The van der Waals surface area contributed by atoms with Crippen LogP contribution in [0.25, 0.3) is 0 Å². The Bertz CT molecular complexity index is 1290. The van der Waals surface area contributed by atoms with E-state index in [0.717, 1.165) is 51.0 Å². The second-order valence-corrected chi connectivity index (χ2v) is 9.10. The number of carboxylic acids is 2. The molecule has 0 radical (unpaired) electrons. The van der Waals surface area contributed by atoms with Gasteiger partial charge in [-0.3, -0.25) is 19.4 Å². The van der Waals surface area contributed by atoms with Crippen molar-refractivity contribution in [2.24, 2.45) is 0 Å². The number of aromatic carboxylic acids is 2. The fourth-order valence-corrected chi connectivity index (χ4v) is 4.51. The molecule has 0 saturated carbocycles. The third kappa shape index (κ3) is 6.50. The van der Waals surface area contributed by atoms with Gasteiger partial charge in [-0.2, -0.15) is 0 Å². The molecule has 1 fully saturated rings. The molecule has 1 saturated heterocycles. The van der Waals surface area contributed by atoms with Crippen molar-refractivity contribution in [1.29, 1.82) is 0 Å². The van der Waals surface area contributed by atoms with Crippen LogP contribution in [-0.2, 0) is 11.3 Å². The van der Waals surface area contributed by atoms with E-state index < -0.39 is 17.8 Å². The fraction of sp³-hybridized carbons (Fsp3) is 0.241. The van der Waals surface area contributed by atoms with Gasteiger partial charge in [0, 0.05) is 45.8 Å². The highest BCUT2D eigenvalue weighted by atomic mass is 16.4. The van der Waals surface area contributed by atoms with E-state index in [9.17, 15) is 19.2 Å². The molecule has 2 heterocycles. The maximum absolute atomic E-state index is 12.2. The summed E-state index contributed by atoms with van der Waals surface area (Å²) in [5.41, 5.74) is 2.60. The molecule has 0 atom stereocenters. The molecule has 2 aliphatic rings. The Balaban J connectivity index is 0.000000236. The number of ketones is 1. The SMILES string of the molecule is O=C(O)c1cccc(C(=O)O)c1.O=C1C(=O)N(CCN2CCN(Cc3ccccc3)CC2)c2ccccc21. The van der Waals surface area contributed by atoms with Crippen LogP contribution in [0.15, 0.2) is 78.9 Å². The Morgan fingerprint density at radius 3 is 1.89 bits per heavy atom. The zero-order valence-corrected chi connectivity index (χ0v) is 20.8. The number of amides is 1. The third-order valence-electron chi connectivity index (χ3n) is 6.59. The molecule has 0 bridgehead atoms. The van der Waals surface area contributed by atoms with Gasteiger partial charge in [0.2, 0.25) is 0 Å². The predicted molar refractivity (Wildman–Crippen MR) is 142 cm³/mol. The summed E-state index contributed by atoms with van der Waals surface area (Å²) in [6.07, 6.45) is 0. The van der Waals surface area contributed by atoms with Gasteiger partial charge >= 0.3 is 11.9 Å². The lowest BCUT2D eigenvalue weighted by molar-refractivity contribution is -0.114. The number of carbonyl (C=O) groups is 4. The van der Waals surface area contributed by atoms with Crippen LogP contribution >= 0.6 is 0 Å². The monoisotopic (exact) mass is 515 g/mol. The highest BCUT2D eigenvalue weighted by Gasteiger charge is 2.35. The Morgan fingerprint density at radius 2 is 1.26 bits per heavy atom. The first-order valence-corrected chi connectivity index (χ1v) is 12.3. The normalized spacial score (nSPS) is 15.5. The van der Waals surface area contributed by atoms with Crippen LogP contribution in [0.1, 0.15) is 36.6 Å². The van der Waals surface area contributed by atoms with Gasteiger partial charge in [-0.15, -0.1) is 0 Å². The minimum Gasteiger partial charge on any atom is -0.478 e. The summed E-state index contributed by atoms with van der Waals surface area (Å²) in [5, 5.41) is 17.0. The van der Waals surface area contributed by atoms with Gasteiger partial charge in [-0.1, -0.05) is 48.5 Å². The second-order valence-electron chi connectivity index (χ2n) is 9.10. The van der Waals surface area contributed by atoms with Crippen LogP contribution in [0, 0.1) is 0 Å². The first-order valence-electron chi connectivity index (χ1n) is 12.3. The molecule has 0 aromatic heterocycles. The van der Waals surface area contributed by atoms with Crippen molar-refractivity contribution >= 4 is 29.3 Å². The van der Waals surface area contributed by atoms with Crippen molar-refractivity contribution in [1.82, 2.24) is 9.80 Å². The summed E-state index contributed by atoms with van der Waals surface area (Å²) >= 11 is 0. The number of nitrogens with zero attached hydrogens (tertiary/aromatic N) is 3. The lowest BCUT2D eigenvalue weighted by atomic mass is 10.1. The van der Waals surface area contributed by atoms with Gasteiger partial charge in [0.25, 0.3) is 11.7 Å². The first-order chi connectivity index (χ1) is 18.3. The third-order valence-corrected chi connectivity index (χ3v) is 6.59. The van der Waals surface area contributed by atoms with Crippen LogP contribution in [-0.4, -0.2) is 82.9 Å². The summed E-state index contributed by atoms with van der Waals surface area (Å²) in [6, 6.07) is 23.0. The molecule has 3 aromatic carbocycles. The van der Waals surface area contributed by atoms with Gasteiger partial charge in [-0.05, 0) is 35.9 Å². The van der Waals surface area contributed by atoms with E-state index in [1.807, 2.05) is 18.2 Å². The van der Waals surface area contributed by atoms with Crippen LogP contribution < -0.4 is 4.90 Å². The molecule has 9 heteroatoms. The summed E-state index contributed by atoms with van der Waals surface area (Å²) < 4.78 is 0. The van der Waals surface area contributed by atoms with Gasteiger partial charge in [0.1, 0.15) is 0 Å². The van der Waals surface area contributed by atoms with Crippen molar-refractivity contribution in [3.05, 3.63) is 101 Å². The molecule has 9 nitrogen and oxygen atoms in total. The fourth-order valence-electron chi connectivity index (χ4n) is 4.51. The van der Waals surface area contributed by atoms with Crippen LogP contribution in [0.2, 0.25) is 0 Å². The molecule has 0 unspecified atom stereocenters. The Kier molecular flexibility index (Phi) is 8.62. The largest absolute Gasteiger partial charge is 0.478 e. The lowest BCUT2D eigenvalue weighted by Crippen LogP contribution is -2.48. The van der Waals surface area contributed by atoms with Gasteiger partial charge < -0.3 is 15.1 Å². The van der Waals surface area contributed by atoms with E-state index in [1.54, 1.807) is 17.0 Å². The number of carbonyl (C=O) groups excluding carboxylic acids is 2. The van der Waals surface area contributed by atoms with Crippen LogP contribution in [0.3, 0.4) is 0 Å². The maximum Gasteiger partial charge on any atom is 0.335 e. The van der Waals surface area contributed by atoms with E-state index >= 15 is 0 Å². The number of anilines is 1. The Morgan fingerprint density at radius 1 is 0.684 bits per heavy atom. The zero-order chi connectivity index (χ0) is 27.1. The lowest BCUT2D eigenvalue weighted by Gasteiger charge is -2.35. The van der Waals surface area contributed by atoms with Crippen molar-refractivity contribution < 1.29 is 29.4 Å². The number of piperazine rings is 1. The average molecular weight is 516 g/mol. The molecule has 196 valence electrons.